The van der Waals surface area contributed by atoms with E-state index in [2.05, 4.69) is 33.4 Å². The molecule has 0 radical (unpaired) electrons. The molecule has 0 spiro atoms. The third kappa shape index (κ3) is 3.45. The van der Waals surface area contributed by atoms with Crippen LogP contribution in [0.3, 0.4) is 0 Å². The second-order valence-corrected chi connectivity index (χ2v) is 6.79. The van der Waals surface area contributed by atoms with E-state index in [0.29, 0.717) is 24.5 Å². The van der Waals surface area contributed by atoms with Crippen molar-refractivity contribution in [2.24, 2.45) is 0 Å². The fourth-order valence-corrected chi connectivity index (χ4v) is 3.47. The first-order valence-corrected chi connectivity index (χ1v) is 9.21. The first-order valence-electron chi connectivity index (χ1n) is 9.21. The molecule has 7 nitrogen and oxygen atoms in total. The number of rotatable bonds is 5. The van der Waals surface area contributed by atoms with Gasteiger partial charge in [-0.1, -0.05) is 19.1 Å². The molecule has 2 aromatic heterocycles. The van der Waals surface area contributed by atoms with E-state index in [1.54, 1.807) is 13.3 Å². The molecular weight excluding hydrogens is 342 g/mol. The van der Waals surface area contributed by atoms with Gasteiger partial charge >= 0.3 is 0 Å². The van der Waals surface area contributed by atoms with E-state index in [1.165, 1.54) is 0 Å². The Labute approximate surface area is 157 Å². The number of amides is 1. The molecule has 1 aromatic carbocycles. The van der Waals surface area contributed by atoms with E-state index in [9.17, 15) is 4.79 Å². The highest BCUT2D eigenvalue weighted by atomic mass is 16.5. The van der Waals surface area contributed by atoms with Gasteiger partial charge < -0.3 is 15.0 Å². The molecular formula is C20H23N5O2. The summed E-state index contributed by atoms with van der Waals surface area (Å²) >= 11 is 0. The summed E-state index contributed by atoms with van der Waals surface area (Å²) in [6.07, 6.45) is 5.46. The molecule has 0 fully saturated rings. The van der Waals surface area contributed by atoms with Crippen LogP contribution in [-0.2, 0) is 13.0 Å². The maximum absolute atomic E-state index is 12.5. The summed E-state index contributed by atoms with van der Waals surface area (Å²) in [5.74, 6) is 1.51. The fourth-order valence-electron chi connectivity index (χ4n) is 3.47. The summed E-state index contributed by atoms with van der Waals surface area (Å²) in [7, 11) is 1.66. The fraction of sp³-hybridized carbons (Fsp3) is 0.350. The highest BCUT2D eigenvalue weighted by Gasteiger charge is 2.27. The molecule has 0 bridgehead atoms. The first-order chi connectivity index (χ1) is 13.2. The predicted octanol–water partition coefficient (Wildman–Crippen LogP) is 2.76. The van der Waals surface area contributed by atoms with Gasteiger partial charge in [-0.3, -0.25) is 9.48 Å². The van der Waals surface area contributed by atoms with Crippen LogP contribution in [0.4, 0.5) is 0 Å². The number of nitrogens with one attached hydrogen (secondary N) is 2. The number of imidazole rings is 1. The Bertz CT molecular complexity index is 959. The van der Waals surface area contributed by atoms with Crippen LogP contribution in [0.1, 0.15) is 41.0 Å². The highest BCUT2D eigenvalue weighted by Crippen LogP contribution is 2.28. The van der Waals surface area contributed by atoms with E-state index in [1.807, 2.05) is 29.1 Å². The number of hydrogen-bond donors (Lipinski definition) is 2. The molecule has 0 saturated heterocycles. The minimum absolute atomic E-state index is 0.140. The lowest BCUT2D eigenvalue weighted by Crippen LogP contribution is -2.26. The number of methoxy groups -OCH3 is 1. The number of carbonyl (C=O) groups is 1. The predicted molar refractivity (Wildman–Crippen MR) is 102 cm³/mol. The van der Waals surface area contributed by atoms with Crippen molar-refractivity contribution < 1.29 is 9.53 Å². The molecule has 1 aliphatic rings. The van der Waals surface area contributed by atoms with Gasteiger partial charge in [-0.05, 0) is 30.5 Å². The Hall–Kier alpha value is -3.09. The highest BCUT2D eigenvalue weighted by molar-refractivity contribution is 5.94. The zero-order chi connectivity index (χ0) is 18.8. The van der Waals surface area contributed by atoms with Crippen molar-refractivity contribution in [3.63, 3.8) is 0 Å². The third-order valence-electron chi connectivity index (χ3n) is 4.88. The Balaban J connectivity index is 1.64. The summed E-state index contributed by atoms with van der Waals surface area (Å²) in [5.41, 5.74) is 3.35. The van der Waals surface area contributed by atoms with E-state index in [0.717, 1.165) is 35.5 Å². The van der Waals surface area contributed by atoms with Crippen molar-refractivity contribution in [1.82, 2.24) is 25.1 Å². The number of fused-ring (bicyclic) bond motifs is 1. The molecule has 0 aliphatic carbocycles. The SMILES string of the molecule is CCCn1cc(-c2nc3c([nH]2)C[C@@H](c2cccc(OC)c2)CNC3=O)cn1. The van der Waals surface area contributed by atoms with Crippen molar-refractivity contribution in [3.05, 3.63) is 53.6 Å². The molecule has 27 heavy (non-hydrogen) atoms. The smallest absolute Gasteiger partial charge is 0.271 e. The monoisotopic (exact) mass is 365 g/mol. The normalized spacial score (nSPS) is 16.5. The zero-order valence-electron chi connectivity index (χ0n) is 15.5. The zero-order valence-corrected chi connectivity index (χ0v) is 15.5. The number of ether oxygens (including phenoxy) is 1. The number of carbonyl (C=O) groups excluding carboxylic acids is 1. The van der Waals surface area contributed by atoms with Crippen molar-refractivity contribution in [3.8, 4) is 17.1 Å². The number of aryl methyl sites for hydroxylation is 1. The largest absolute Gasteiger partial charge is 0.497 e. The van der Waals surface area contributed by atoms with Gasteiger partial charge in [-0.2, -0.15) is 5.10 Å². The lowest BCUT2D eigenvalue weighted by atomic mass is 9.94. The maximum Gasteiger partial charge on any atom is 0.271 e. The molecule has 3 aromatic rings. The Kier molecular flexibility index (Phi) is 4.66. The molecule has 140 valence electrons. The van der Waals surface area contributed by atoms with Crippen LogP contribution in [-0.4, -0.2) is 39.3 Å². The maximum atomic E-state index is 12.5. The van der Waals surface area contributed by atoms with Gasteiger partial charge in [-0.25, -0.2) is 4.98 Å². The third-order valence-corrected chi connectivity index (χ3v) is 4.88. The summed E-state index contributed by atoms with van der Waals surface area (Å²) in [4.78, 5) is 20.4. The van der Waals surface area contributed by atoms with E-state index in [4.69, 9.17) is 4.74 Å². The van der Waals surface area contributed by atoms with E-state index < -0.39 is 0 Å². The molecule has 0 saturated carbocycles. The molecule has 4 rings (SSSR count). The van der Waals surface area contributed by atoms with Crippen LogP contribution in [0.25, 0.3) is 11.4 Å². The van der Waals surface area contributed by atoms with Gasteiger partial charge in [0.25, 0.3) is 5.91 Å². The molecule has 3 heterocycles. The molecule has 1 amide bonds. The average Bonchev–Trinajstić information content (AvgIpc) is 3.29. The first kappa shape index (κ1) is 17.3. The van der Waals surface area contributed by atoms with Crippen LogP contribution in [0.2, 0.25) is 0 Å². The molecule has 0 unspecified atom stereocenters. The van der Waals surface area contributed by atoms with Crippen LogP contribution in [0.15, 0.2) is 36.7 Å². The Morgan fingerprint density at radius 1 is 1.37 bits per heavy atom. The summed E-state index contributed by atoms with van der Waals surface area (Å²) in [6, 6.07) is 7.99. The topological polar surface area (TPSA) is 84.8 Å². The molecule has 1 aliphatic heterocycles. The summed E-state index contributed by atoms with van der Waals surface area (Å²) in [6.45, 7) is 3.54. The lowest BCUT2D eigenvalue weighted by molar-refractivity contribution is 0.0950. The number of benzene rings is 1. The number of hydrogen-bond acceptors (Lipinski definition) is 4. The Morgan fingerprint density at radius 2 is 2.26 bits per heavy atom. The standard InChI is InChI=1S/C20H23N5O2/c1-3-7-25-12-15(11-22-25)19-23-17-9-14(10-21-20(26)18(17)24-19)13-5-4-6-16(8-13)27-2/h4-6,8,11-12,14H,3,7,9-10H2,1-2H3,(H,21,26)(H,23,24)/t14-/m1/s1. The second kappa shape index (κ2) is 7.26. The van der Waals surface area contributed by atoms with Gasteiger partial charge in [0.15, 0.2) is 0 Å². The van der Waals surface area contributed by atoms with E-state index >= 15 is 0 Å². The number of aromatic nitrogens is 4. The van der Waals surface area contributed by atoms with Crippen molar-refractivity contribution in [2.75, 3.05) is 13.7 Å². The number of nitrogens with zero attached hydrogens (tertiary/aromatic N) is 3. The quantitative estimate of drug-likeness (QED) is 0.728. The van der Waals surface area contributed by atoms with Crippen LogP contribution in [0.5, 0.6) is 5.75 Å². The van der Waals surface area contributed by atoms with Gasteiger partial charge in [0.2, 0.25) is 0 Å². The van der Waals surface area contributed by atoms with Crippen molar-refractivity contribution in [1.29, 1.82) is 0 Å². The summed E-state index contributed by atoms with van der Waals surface area (Å²) in [5, 5.41) is 7.34. The minimum Gasteiger partial charge on any atom is -0.497 e. The second-order valence-electron chi connectivity index (χ2n) is 6.79. The van der Waals surface area contributed by atoms with Gasteiger partial charge in [-0.15, -0.1) is 0 Å². The molecule has 1 atom stereocenters. The van der Waals surface area contributed by atoms with Crippen molar-refractivity contribution >= 4 is 5.91 Å². The van der Waals surface area contributed by atoms with Crippen LogP contribution < -0.4 is 10.1 Å². The van der Waals surface area contributed by atoms with Gasteiger partial charge in [0.05, 0.1) is 18.9 Å². The van der Waals surface area contributed by atoms with Crippen molar-refractivity contribution in [2.45, 2.75) is 32.2 Å². The van der Waals surface area contributed by atoms with Gasteiger partial charge in [0.1, 0.15) is 17.3 Å². The van der Waals surface area contributed by atoms with Gasteiger partial charge in [0, 0.05) is 30.9 Å². The number of aromatic amines is 1. The average molecular weight is 365 g/mol. The summed E-state index contributed by atoms with van der Waals surface area (Å²) < 4.78 is 7.23. The number of H-pyrrole nitrogens is 1. The molecule has 7 heteroatoms. The Morgan fingerprint density at radius 3 is 3.07 bits per heavy atom. The van der Waals surface area contributed by atoms with E-state index in [-0.39, 0.29) is 11.8 Å². The minimum atomic E-state index is -0.140. The van der Waals surface area contributed by atoms with Crippen LogP contribution in [0, 0.1) is 0 Å². The lowest BCUT2D eigenvalue weighted by Gasteiger charge is -2.15. The molecule has 2 N–H and O–H groups in total. The van der Waals surface area contributed by atoms with Crippen LogP contribution >= 0.6 is 0 Å².